The van der Waals surface area contributed by atoms with E-state index < -0.39 is 93.6 Å². The standard InChI is InChI=1S/C58H62O8.C56H66O16.CH4.4O.Os/c1-5-9-13-17-33-63-55(59)51-37-49(38-52(41-51)56(60)64-34-18-14-10-6-2)47-29-25-45(26-30-47)43-21-23-44(24-22-43)46-27-31-48(32-28-46)50-39-53(57(61)65-35-19-15-11-7-3)42-54(40-50)58(62)66-36-20-16-12-8-4;57-33-49(61)7-1-4-23-69-53(65)45-27-43(28-46(31-45)54(66)70-24-5-2-8-50(62)34-58)41-18-14-39(15-19-41)37-10-12-38(13-11-37)40-16-20-42(21-17-40)44-29-47(55(67)71-25-6-3-9-51(63)35-59)32-48(30-44)56(68)72-26-22-52(64)36-60;;;;;;/h5-8,21-32,37-42H,1-4,9-20,33-36H2;10-21,27-32,49-52,57-64H,1-9,22-26,33-36H2;1H4;;;;;. The van der Waals surface area contributed by atoms with Crippen LogP contribution in [0.4, 0.5) is 0 Å². The van der Waals surface area contributed by atoms with Crippen LogP contribution in [-0.2, 0) is 66.9 Å². The van der Waals surface area contributed by atoms with Gasteiger partial charge in [0.2, 0.25) is 0 Å². The first kappa shape index (κ1) is 117. The molecule has 0 heterocycles. The minimum absolute atomic E-state index is 0. The summed E-state index contributed by atoms with van der Waals surface area (Å²) >= 11 is -6.06. The zero-order valence-corrected chi connectivity index (χ0v) is 82.9. The summed E-state index contributed by atoms with van der Waals surface area (Å²) < 4.78 is 78.6. The summed E-state index contributed by atoms with van der Waals surface area (Å²) in [6.07, 6.45) is 17.7. The monoisotopic (exact) mass is 2150 g/mol. The number of benzene rings is 10. The van der Waals surface area contributed by atoms with E-state index >= 15 is 0 Å². The molecule has 0 spiro atoms. The Morgan fingerprint density at radius 2 is 0.347 bits per heavy atom. The zero-order chi connectivity index (χ0) is 103. The second-order valence-corrected chi connectivity index (χ2v) is 36.4. The van der Waals surface area contributed by atoms with Crippen molar-refractivity contribution in [2.24, 2.45) is 0 Å². The van der Waals surface area contributed by atoms with E-state index in [9.17, 15) is 58.8 Å². The van der Waals surface area contributed by atoms with Crippen LogP contribution in [0.15, 0.2) is 269 Å². The van der Waals surface area contributed by atoms with Crippen LogP contribution in [0.25, 0.3) is 89.0 Å². The van der Waals surface area contributed by atoms with Gasteiger partial charge in [0.1, 0.15) is 0 Å². The second kappa shape index (κ2) is 64.2. The van der Waals surface area contributed by atoms with Gasteiger partial charge >= 0.3 is 76.8 Å². The van der Waals surface area contributed by atoms with Crippen molar-refractivity contribution in [1.29, 1.82) is 0 Å². The normalized spacial score (nSPS) is 11.7. The van der Waals surface area contributed by atoms with Crippen molar-refractivity contribution in [1.82, 2.24) is 0 Å². The first-order valence-corrected chi connectivity index (χ1v) is 52.0. The fraction of sp³-hybridized carbons (Fsp3) is 0.339. The molecule has 4 unspecified atom stereocenters. The molecule has 0 saturated heterocycles. The molecule has 28 nitrogen and oxygen atoms in total. The minimum atomic E-state index is -6.06. The first-order valence-electron chi connectivity index (χ1n) is 47.8. The molecule has 0 aliphatic carbocycles. The van der Waals surface area contributed by atoms with Crippen LogP contribution >= 0.6 is 0 Å². The molecule has 29 heteroatoms. The number of rotatable bonds is 58. The number of aliphatic hydroxyl groups is 8. The summed E-state index contributed by atoms with van der Waals surface area (Å²) in [5.74, 6) is -4.60. The molecule has 8 N–H and O–H groups in total. The number of unbranched alkanes of at least 4 members (excludes halogenated alkanes) is 11. The third kappa shape index (κ3) is 41.4. The molecule has 10 aromatic carbocycles. The molecule has 768 valence electrons. The summed E-state index contributed by atoms with van der Waals surface area (Å²) in [6, 6.07) is 66.7. The SMILES string of the molecule is C.C=CCCCCOC(=O)c1cc(C(=O)OCCCCC=C)cc(-c2ccc(-c3ccc(-c4ccc(-c5cc(C(=O)OCCCCC=C)cc(C(=O)OCCCCC=C)c5)cc4)cc3)cc2)c1.O=C(OCCCCC(O)CO)c1cc(C(=O)OCCCCC(O)CO)cc(-c2ccc(-c3ccc(-c4ccc(-c5cc(C(=O)OCCCCC(O)CO)cc(C(=O)OCCC(O)CO)c5)cc4)cc3)cc2)c1.[O]=[Os](=[O])(=[O])=[O]. The van der Waals surface area contributed by atoms with E-state index in [0.29, 0.717) is 85.6 Å². The van der Waals surface area contributed by atoms with Gasteiger partial charge in [0.25, 0.3) is 0 Å². The third-order valence-electron chi connectivity index (χ3n) is 22.8. The second-order valence-electron chi connectivity index (χ2n) is 33.9. The van der Waals surface area contributed by atoms with Gasteiger partial charge in [-0.1, -0.05) is 177 Å². The molecule has 144 heavy (non-hydrogen) atoms. The van der Waals surface area contributed by atoms with E-state index in [1.54, 1.807) is 60.7 Å². The topological polar surface area (TPSA) is 441 Å². The van der Waals surface area contributed by atoms with E-state index in [4.69, 9.17) is 72.5 Å². The molecule has 0 aromatic heterocycles. The molecular formula is C115H132O28Os. The number of aliphatic hydroxyl groups excluding tert-OH is 8. The molecule has 0 aliphatic rings. The maximum atomic E-state index is 13.2. The van der Waals surface area contributed by atoms with Crippen LogP contribution in [0.1, 0.15) is 232 Å². The van der Waals surface area contributed by atoms with E-state index in [0.717, 1.165) is 138 Å². The van der Waals surface area contributed by atoms with Crippen molar-refractivity contribution in [2.75, 3.05) is 79.3 Å². The molecule has 0 bridgehead atoms. The van der Waals surface area contributed by atoms with Crippen molar-refractivity contribution in [3.05, 3.63) is 314 Å². The maximum absolute atomic E-state index is 13.2. The number of hydrogen-bond acceptors (Lipinski definition) is 28. The van der Waals surface area contributed by atoms with Gasteiger partial charge in [-0.05, 0) is 297 Å². The van der Waals surface area contributed by atoms with Crippen LogP contribution in [0, 0.1) is 0 Å². The number of allylic oxidation sites excluding steroid dienone is 4. The van der Waals surface area contributed by atoms with E-state index in [1.165, 1.54) is 12.1 Å². The molecule has 0 aliphatic heterocycles. The number of carbonyl (C=O) groups is 8. The molecule has 0 amide bonds. The van der Waals surface area contributed by atoms with Gasteiger partial charge in [0.05, 0.1) is 148 Å². The quantitative estimate of drug-likeness (QED) is 0.00759. The van der Waals surface area contributed by atoms with Gasteiger partial charge in [0, 0.05) is 6.42 Å². The predicted octanol–water partition coefficient (Wildman–Crippen LogP) is 20.9. The summed E-state index contributed by atoms with van der Waals surface area (Å²) in [7, 11) is 0. The first-order chi connectivity index (χ1) is 69.0. The zero-order valence-electron chi connectivity index (χ0n) is 80.4. The summed E-state index contributed by atoms with van der Waals surface area (Å²) in [6.45, 7) is 14.7. The van der Waals surface area contributed by atoms with E-state index in [2.05, 4.69) is 50.6 Å². The van der Waals surface area contributed by atoms with Crippen LogP contribution in [-0.4, -0.2) is 192 Å². The Bertz CT molecular complexity index is 5710. The van der Waals surface area contributed by atoms with Gasteiger partial charge in [-0.15, -0.1) is 26.3 Å². The Balaban J connectivity index is 0.000000372. The van der Waals surface area contributed by atoms with Gasteiger partial charge in [-0.25, -0.2) is 38.4 Å². The fourth-order valence-electron chi connectivity index (χ4n) is 14.7. The van der Waals surface area contributed by atoms with Crippen LogP contribution in [0.3, 0.4) is 0 Å². The molecule has 0 saturated carbocycles. The Morgan fingerprint density at radius 3 is 0.493 bits per heavy atom. The molecular weight excluding hydrogens is 2020 g/mol. The van der Waals surface area contributed by atoms with Crippen LogP contribution < -0.4 is 0 Å². The Hall–Kier alpha value is -13.6. The number of carbonyl (C=O) groups excluding carboxylic acids is 8. The van der Waals surface area contributed by atoms with Crippen molar-refractivity contribution in [2.45, 2.75) is 173 Å². The number of esters is 8. The Kier molecular flexibility index (Phi) is 52.3. The van der Waals surface area contributed by atoms with Crippen molar-refractivity contribution in [3.8, 4) is 89.0 Å². The molecule has 10 aromatic rings. The number of ether oxygens (including phenoxy) is 8. The van der Waals surface area contributed by atoms with Gasteiger partial charge in [-0.2, -0.15) is 0 Å². The Labute approximate surface area is 843 Å². The summed E-state index contributed by atoms with van der Waals surface area (Å²) in [5.41, 5.74) is 15.0. The average Bonchev–Trinajstić information content (AvgIpc) is 0.811. The third-order valence-corrected chi connectivity index (χ3v) is 22.8. The van der Waals surface area contributed by atoms with Crippen LogP contribution in [0.5, 0.6) is 0 Å². The van der Waals surface area contributed by atoms with Gasteiger partial charge < -0.3 is 78.7 Å². The molecule has 4 atom stereocenters. The van der Waals surface area contributed by atoms with Crippen molar-refractivity contribution < 1.29 is 146 Å². The fourth-order valence-corrected chi connectivity index (χ4v) is 14.7. The molecule has 10 rings (SSSR count). The van der Waals surface area contributed by atoms with E-state index in [1.807, 2.05) is 146 Å². The predicted molar refractivity (Wildman–Crippen MR) is 543 cm³/mol. The van der Waals surface area contributed by atoms with Crippen LogP contribution in [0.2, 0.25) is 0 Å². The number of hydrogen-bond donors (Lipinski definition) is 8. The van der Waals surface area contributed by atoms with Crippen molar-refractivity contribution >= 4 is 47.8 Å². The molecule has 0 radical (unpaired) electrons. The van der Waals surface area contributed by atoms with Gasteiger partial charge in [-0.3, -0.25) is 0 Å². The molecule has 0 fully saturated rings. The average molecular weight is 2150 g/mol. The summed E-state index contributed by atoms with van der Waals surface area (Å²) in [5, 5.41) is 74.8. The van der Waals surface area contributed by atoms with Gasteiger partial charge in [0.15, 0.2) is 0 Å². The Morgan fingerprint density at radius 1 is 0.215 bits per heavy atom. The van der Waals surface area contributed by atoms with Crippen molar-refractivity contribution in [3.63, 3.8) is 0 Å². The van der Waals surface area contributed by atoms with E-state index in [-0.39, 0.29) is 131 Å². The summed E-state index contributed by atoms with van der Waals surface area (Å²) in [4.78, 5) is 105.